The van der Waals surface area contributed by atoms with Crippen molar-refractivity contribution >= 4 is 57.4 Å². The van der Waals surface area contributed by atoms with Crippen molar-refractivity contribution in [2.75, 3.05) is 0 Å². The lowest BCUT2D eigenvalue weighted by molar-refractivity contribution is 0.177. The highest BCUT2D eigenvalue weighted by molar-refractivity contribution is 14.1. The Morgan fingerprint density at radius 3 is 2.58 bits per heavy atom. The highest BCUT2D eigenvalue weighted by Crippen LogP contribution is 2.31. The van der Waals surface area contributed by atoms with E-state index in [1.165, 1.54) is 0 Å². The first-order chi connectivity index (χ1) is 8.99. The number of hydrogen-bond donors (Lipinski definition) is 1. The monoisotopic (exact) mass is 426 g/mol. The summed E-state index contributed by atoms with van der Waals surface area (Å²) in [7, 11) is 0. The third kappa shape index (κ3) is 3.76. The molecule has 0 saturated carbocycles. The second-order valence-electron chi connectivity index (χ2n) is 4.10. The summed E-state index contributed by atoms with van der Waals surface area (Å²) in [5.41, 5.74) is 1.61. The Morgan fingerprint density at radius 2 is 1.84 bits per heavy atom. The zero-order valence-electron chi connectivity index (χ0n) is 9.71. The second kappa shape index (κ2) is 6.64. The van der Waals surface area contributed by atoms with Crippen LogP contribution in [0.25, 0.3) is 0 Å². The van der Waals surface area contributed by atoms with Gasteiger partial charge in [-0.3, -0.25) is 0 Å². The molecule has 19 heavy (non-hydrogen) atoms. The Kier molecular flexibility index (Phi) is 5.37. The molecule has 0 saturated heterocycles. The second-order valence-corrected chi connectivity index (χ2v) is 6.48. The SMILES string of the molecule is OC(Cc1cccc(Cl)c1Cl)c1cc(Cl)ccc1I. The molecule has 2 rings (SSSR count). The predicted molar refractivity (Wildman–Crippen MR) is 89.3 cm³/mol. The van der Waals surface area contributed by atoms with Crippen LogP contribution in [0.3, 0.4) is 0 Å². The van der Waals surface area contributed by atoms with Crippen LogP contribution < -0.4 is 0 Å². The summed E-state index contributed by atoms with van der Waals surface area (Å²) in [5.74, 6) is 0. The van der Waals surface area contributed by atoms with Gasteiger partial charge in [0.05, 0.1) is 16.1 Å². The fourth-order valence-electron chi connectivity index (χ4n) is 1.79. The molecule has 0 fully saturated rings. The van der Waals surface area contributed by atoms with Crippen LogP contribution in [0.5, 0.6) is 0 Å². The van der Waals surface area contributed by atoms with Crippen molar-refractivity contribution in [3.63, 3.8) is 0 Å². The van der Waals surface area contributed by atoms with E-state index in [4.69, 9.17) is 34.8 Å². The smallest absolute Gasteiger partial charge is 0.0841 e. The van der Waals surface area contributed by atoms with Gasteiger partial charge in [-0.25, -0.2) is 0 Å². The summed E-state index contributed by atoms with van der Waals surface area (Å²) < 4.78 is 0.965. The van der Waals surface area contributed by atoms with E-state index in [0.717, 1.165) is 14.7 Å². The van der Waals surface area contributed by atoms with Gasteiger partial charge >= 0.3 is 0 Å². The molecule has 0 aromatic heterocycles. The fourth-order valence-corrected chi connectivity index (χ4v) is 3.07. The van der Waals surface area contributed by atoms with Crippen LogP contribution in [0, 0.1) is 3.57 Å². The molecule has 0 aliphatic carbocycles. The minimum Gasteiger partial charge on any atom is -0.388 e. The summed E-state index contributed by atoms with van der Waals surface area (Å²) >= 11 is 20.2. The van der Waals surface area contributed by atoms with E-state index in [1.807, 2.05) is 18.2 Å². The normalized spacial score (nSPS) is 12.5. The highest BCUT2D eigenvalue weighted by Gasteiger charge is 2.15. The molecule has 0 spiro atoms. The quantitative estimate of drug-likeness (QED) is 0.639. The van der Waals surface area contributed by atoms with Gasteiger partial charge in [0.2, 0.25) is 0 Å². The van der Waals surface area contributed by atoms with E-state index in [0.29, 0.717) is 21.5 Å². The number of hydrogen-bond acceptors (Lipinski definition) is 1. The van der Waals surface area contributed by atoms with Crippen molar-refractivity contribution < 1.29 is 5.11 Å². The van der Waals surface area contributed by atoms with E-state index < -0.39 is 6.10 Å². The van der Waals surface area contributed by atoms with Crippen LogP contribution in [0.15, 0.2) is 36.4 Å². The molecule has 1 unspecified atom stereocenters. The molecule has 2 aromatic carbocycles. The minimum absolute atomic E-state index is 0.399. The van der Waals surface area contributed by atoms with Gasteiger partial charge in [0, 0.05) is 15.0 Å². The van der Waals surface area contributed by atoms with Gasteiger partial charge in [-0.1, -0.05) is 46.9 Å². The van der Waals surface area contributed by atoms with E-state index in [-0.39, 0.29) is 0 Å². The standard InChI is InChI=1S/C14H10Cl3IO/c15-9-4-5-12(18)10(7-9)13(19)6-8-2-1-3-11(16)14(8)17/h1-5,7,13,19H,6H2. The lowest BCUT2D eigenvalue weighted by atomic mass is 10.0. The Hall–Kier alpha value is -0.000000000000000111. The Labute approximate surface area is 140 Å². The van der Waals surface area contributed by atoms with Crippen LogP contribution in [0.4, 0.5) is 0 Å². The van der Waals surface area contributed by atoms with Crippen molar-refractivity contribution in [2.45, 2.75) is 12.5 Å². The lowest BCUT2D eigenvalue weighted by Gasteiger charge is -2.14. The first kappa shape index (κ1) is 15.4. The van der Waals surface area contributed by atoms with Gasteiger partial charge in [0.25, 0.3) is 0 Å². The zero-order valence-corrected chi connectivity index (χ0v) is 14.1. The van der Waals surface area contributed by atoms with E-state index in [1.54, 1.807) is 18.2 Å². The number of aliphatic hydroxyl groups excluding tert-OH is 1. The molecule has 1 N–H and O–H groups in total. The van der Waals surface area contributed by atoms with Crippen LogP contribution in [-0.4, -0.2) is 5.11 Å². The van der Waals surface area contributed by atoms with Crippen molar-refractivity contribution in [3.05, 3.63) is 66.2 Å². The van der Waals surface area contributed by atoms with Crippen LogP contribution >= 0.6 is 57.4 Å². The third-order valence-electron chi connectivity index (χ3n) is 2.76. The van der Waals surface area contributed by atoms with Crippen LogP contribution in [0.1, 0.15) is 17.2 Å². The molecule has 1 nitrogen and oxygen atoms in total. The van der Waals surface area contributed by atoms with Crippen molar-refractivity contribution in [1.29, 1.82) is 0 Å². The number of aliphatic hydroxyl groups is 1. The summed E-state index contributed by atoms with van der Waals surface area (Å²) in [4.78, 5) is 0. The first-order valence-electron chi connectivity index (χ1n) is 5.55. The molecule has 0 heterocycles. The van der Waals surface area contributed by atoms with Gasteiger partial charge in [-0.05, 0) is 58.0 Å². The zero-order chi connectivity index (χ0) is 14.0. The van der Waals surface area contributed by atoms with Crippen LogP contribution in [-0.2, 0) is 6.42 Å². The van der Waals surface area contributed by atoms with Gasteiger partial charge in [0.15, 0.2) is 0 Å². The Balaban J connectivity index is 2.28. The fraction of sp³-hybridized carbons (Fsp3) is 0.143. The molecule has 1 atom stereocenters. The van der Waals surface area contributed by atoms with Crippen molar-refractivity contribution in [2.24, 2.45) is 0 Å². The number of halogens is 4. The maximum atomic E-state index is 10.3. The summed E-state index contributed by atoms with van der Waals surface area (Å²) in [6, 6.07) is 10.8. The average Bonchev–Trinajstić information content (AvgIpc) is 2.38. The molecule has 0 amide bonds. The van der Waals surface area contributed by atoms with Crippen molar-refractivity contribution in [1.82, 2.24) is 0 Å². The van der Waals surface area contributed by atoms with E-state index in [2.05, 4.69) is 22.6 Å². The molecule has 2 aromatic rings. The van der Waals surface area contributed by atoms with Gasteiger partial charge in [-0.15, -0.1) is 0 Å². The van der Waals surface area contributed by atoms with Gasteiger partial charge in [-0.2, -0.15) is 0 Å². The van der Waals surface area contributed by atoms with E-state index >= 15 is 0 Å². The largest absolute Gasteiger partial charge is 0.388 e. The van der Waals surface area contributed by atoms with Crippen molar-refractivity contribution in [3.8, 4) is 0 Å². The topological polar surface area (TPSA) is 20.2 Å². The van der Waals surface area contributed by atoms with Gasteiger partial charge < -0.3 is 5.11 Å². The Bertz CT molecular complexity index is 601. The Morgan fingerprint density at radius 1 is 1.11 bits per heavy atom. The van der Waals surface area contributed by atoms with Crippen LogP contribution in [0.2, 0.25) is 15.1 Å². The lowest BCUT2D eigenvalue weighted by Crippen LogP contribution is -2.04. The number of rotatable bonds is 3. The number of benzene rings is 2. The average molecular weight is 427 g/mol. The maximum Gasteiger partial charge on any atom is 0.0841 e. The third-order valence-corrected chi connectivity index (χ3v) is 4.84. The minimum atomic E-state index is -0.665. The summed E-state index contributed by atoms with van der Waals surface area (Å²) in [5, 5.41) is 11.9. The van der Waals surface area contributed by atoms with E-state index in [9.17, 15) is 5.11 Å². The first-order valence-corrected chi connectivity index (χ1v) is 7.76. The molecule has 0 aliphatic rings. The highest BCUT2D eigenvalue weighted by atomic mass is 127. The molecular weight excluding hydrogens is 417 g/mol. The summed E-state index contributed by atoms with van der Waals surface area (Å²) in [6.45, 7) is 0. The molecule has 0 aliphatic heterocycles. The van der Waals surface area contributed by atoms with Gasteiger partial charge in [0.1, 0.15) is 0 Å². The molecule has 0 radical (unpaired) electrons. The molecule has 100 valence electrons. The molecule has 5 heteroatoms. The maximum absolute atomic E-state index is 10.3. The molecule has 0 bridgehead atoms. The molecular formula is C14H10Cl3IO. The predicted octanol–water partition coefficient (Wildman–Crippen LogP) is 5.53. The summed E-state index contributed by atoms with van der Waals surface area (Å²) in [6.07, 6.45) is -0.267.